The van der Waals surface area contributed by atoms with Crippen LogP contribution in [0.2, 0.25) is 0 Å². The Balaban J connectivity index is 2.31. The second kappa shape index (κ2) is 5.51. The minimum Gasteiger partial charge on any atom is -0.478 e. The van der Waals surface area contributed by atoms with Crippen molar-refractivity contribution in [3.8, 4) is 0 Å². The second-order valence-electron chi connectivity index (χ2n) is 5.03. The molecule has 20 heavy (non-hydrogen) atoms. The molecule has 1 aromatic carbocycles. The van der Waals surface area contributed by atoms with E-state index in [9.17, 15) is 18.3 Å². The molecule has 1 aliphatic rings. The number of carboxylic acid groups (broad SMARTS) is 1. The zero-order valence-electron chi connectivity index (χ0n) is 11.1. The molecule has 1 heterocycles. The number of sulfonamides is 1. The molecule has 0 bridgehead atoms. The molecule has 1 aromatic rings. The maximum Gasteiger partial charge on any atom is 0.335 e. The maximum absolute atomic E-state index is 12.4. The molecule has 1 saturated heterocycles. The Hall–Kier alpha value is -1.44. The first-order valence-electron chi connectivity index (χ1n) is 6.34. The van der Waals surface area contributed by atoms with Crippen molar-refractivity contribution in [1.29, 1.82) is 0 Å². The summed E-state index contributed by atoms with van der Waals surface area (Å²) in [5, 5.41) is 18.7. The van der Waals surface area contributed by atoms with Crippen LogP contribution >= 0.6 is 0 Å². The van der Waals surface area contributed by atoms with Crippen LogP contribution < -0.4 is 0 Å². The molecule has 2 rings (SSSR count). The van der Waals surface area contributed by atoms with Gasteiger partial charge in [-0.25, -0.2) is 13.2 Å². The van der Waals surface area contributed by atoms with Crippen molar-refractivity contribution in [2.45, 2.75) is 24.3 Å². The van der Waals surface area contributed by atoms with Crippen LogP contribution in [-0.4, -0.2) is 48.1 Å². The highest BCUT2D eigenvalue weighted by Crippen LogP contribution is 2.24. The quantitative estimate of drug-likeness (QED) is 0.860. The predicted molar refractivity (Wildman–Crippen MR) is 71.9 cm³/mol. The first-order chi connectivity index (χ1) is 9.32. The monoisotopic (exact) mass is 299 g/mol. The molecular weight excluding hydrogens is 282 g/mol. The summed E-state index contributed by atoms with van der Waals surface area (Å²) in [6.07, 6.45) is -0.111. The molecule has 2 N–H and O–H groups in total. The summed E-state index contributed by atoms with van der Waals surface area (Å²) in [6, 6.07) is 5.25. The average molecular weight is 299 g/mol. The lowest BCUT2D eigenvalue weighted by Gasteiger charge is -2.33. The van der Waals surface area contributed by atoms with E-state index >= 15 is 0 Å². The van der Waals surface area contributed by atoms with Crippen LogP contribution in [0.15, 0.2) is 29.2 Å². The summed E-state index contributed by atoms with van der Waals surface area (Å²) >= 11 is 0. The van der Waals surface area contributed by atoms with Crippen LogP contribution in [0.3, 0.4) is 0 Å². The van der Waals surface area contributed by atoms with Gasteiger partial charge in [-0.1, -0.05) is 13.0 Å². The van der Waals surface area contributed by atoms with Gasteiger partial charge in [0.05, 0.1) is 16.6 Å². The van der Waals surface area contributed by atoms with Crippen molar-refractivity contribution in [3.05, 3.63) is 29.8 Å². The number of benzene rings is 1. The molecule has 1 aliphatic heterocycles. The summed E-state index contributed by atoms with van der Waals surface area (Å²) in [5.74, 6) is -1.11. The number of β-amino-alcohol motifs (C(OH)–C–C–N with tert-alkyl or cyclic N) is 1. The fraction of sp³-hybridized carbons (Fsp3) is 0.462. The van der Waals surface area contributed by atoms with Gasteiger partial charge in [-0.05, 0) is 30.5 Å². The van der Waals surface area contributed by atoms with E-state index in [1.165, 1.54) is 22.5 Å². The minimum atomic E-state index is -3.76. The van der Waals surface area contributed by atoms with E-state index in [2.05, 4.69) is 0 Å². The highest BCUT2D eigenvalue weighted by Gasteiger charge is 2.32. The number of carboxylic acids is 1. The topological polar surface area (TPSA) is 94.9 Å². The second-order valence-corrected chi connectivity index (χ2v) is 6.97. The van der Waals surface area contributed by atoms with Crippen molar-refractivity contribution < 1.29 is 23.4 Å². The number of rotatable bonds is 3. The standard InChI is InChI=1S/C13H17NO5S/c1-9-5-6-14(8-12(9)15)20(18,19)11-4-2-3-10(7-11)13(16)17/h2-4,7,9,12,15H,5-6,8H2,1H3,(H,16,17). The van der Waals surface area contributed by atoms with Crippen molar-refractivity contribution in [3.63, 3.8) is 0 Å². The Morgan fingerprint density at radius 3 is 2.70 bits per heavy atom. The molecule has 2 unspecified atom stereocenters. The summed E-state index contributed by atoms with van der Waals surface area (Å²) in [7, 11) is -3.76. The lowest BCUT2D eigenvalue weighted by Crippen LogP contribution is -2.45. The lowest BCUT2D eigenvalue weighted by molar-refractivity contribution is 0.0605. The summed E-state index contributed by atoms with van der Waals surface area (Å²) < 4.78 is 26.1. The Morgan fingerprint density at radius 1 is 1.40 bits per heavy atom. The van der Waals surface area contributed by atoms with Gasteiger partial charge < -0.3 is 10.2 Å². The fourth-order valence-corrected chi connectivity index (χ4v) is 3.70. The highest BCUT2D eigenvalue weighted by atomic mass is 32.2. The number of aliphatic hydroxyl groups is 1. The van der Waals surface area contributed by atoms with Gasteiger partial charge in [0.1, 0.15) is 0 Å². The smallest absolute Gasteiger partial charge is 0.335 e. The van der Waals surface area contributed by atoms with E-state index in [0.717, 1.165) is 6.07 Å². The summed E-state index contributed by atoms with van der Waals surface area (Å²) in [5.41, 5.74) is -0.0722. The molecular formula is C13H17NO5S. The number of piperidine rings is 1. The van der Waals surface area contributed by atoms with Gasteiger partial charge in [-0.2, -0.15) is 4.31 Å². The van der Waals surface area contributed by atoms with E-state index in [1.807, 2.05) is 6.92 Å². The third kappa shape index (κ3) is 2.84. The largest absolute Gasteiger partial charge is 0.478 e. The first-order valence-corrected chi connectivity index (χ1v) is 7.78. The molecule has 6 nitrogen and oxygen atoms in total. The molecule has 7 heteroatoms. The molecule has 0 saturated carbocycles. The number of aromatic carboxylic acids is 1. The SMILES string of the molecule is CC1CCN(S(=O)(=O)c2cccc(C(=O)O)c2)CC1O. The molecule has 0 spiro atoms. The number of hydrogen-bond acceptors (Lipinski definition) is 4. The fourth-order valence-electron chi connectivity index (χ4n) is 2.18. The highest BCUT2D eigenvalue weighted by molar-refractivity contribution is 7.89. The molecule has 0 aromatic heterocycles. The van der Waals surface area contributed by atoms with E-state index in [-0.39, 0.29) is 22.9 Å². The number of nitrogens with zero attached hydrogens (tertiary/aromatic N) is 1. The Bertz CT molecular complexity index is 613. The van der Waals surface area contributed by atoms with Crippen molar-refractivity contribution in [2.75, 3.05) is 13.1 Å². The first kappa shape index (κ1) is 15.0. The summed E-state index contributed by atoms with van der Waals surface area (Å²) in [4.78, 5) is 10.8. The zero-order chi connectivity index (χ0) is 14.9. The van der Waals surface area contributed by atoms with Crippen LogP contribution in [0.4, 0.5) is 0 Å². The Kier molecular flexibility index (Phi) is 4.12. The minimum absolute atomic E-state index is 0.0425. The third-order valence-electron chi connectivity index (χ3n) is 3.60. The predicted octanol–water partition coefficient (Wildman–Crippen LogP) is 0.776. The van der Waals surface area contributed by atoms with Gasteiger partial charge in [0.2, 0.25) is 10.0 Å². The van der Waals surface area contributed by atoms with Crippen LogP contribution in [0.1, 0.15) is 23.7 Å². The van der Waals surface area contributed by atoms with Gasteiger partial charge in [0.15, 0.2) is 0 Å². The van der Waals surface area contributed by atoms with Crippen molar-refractivity contribution >= 4 is 16.0 Å². The number of carbonyl (C=O) groups is 1. The Labute approximate surface area is 117 Å². The van der Waals surface area contributed by atoms with E-state index < -0.39 is 22.1 Å². The third-order valence-corrected chi connectivity index (χ3v) is 5.46. The molecule has 2 atom stereocenters. The normalized spacial score (nSPS) is 24.5. The van der Waals surface area contributed by atoms with E-state index in [0.29, 0.717) is 13.0 Å². The number of hydrogen-bond donors (Lipinski definition) is 2. The van der Waals surface area contributed by atoms with Crippen LogP contribution in [0.5, 0.6) is 0 Å². The van der Waals surface area contributed by atoms with Gasteiger partial charge >= 0.3 is 5.97 Å². The molecule has 0 radical (unpaired) electrons. The van der Waals surface area contributed by atoms with E-state index in [1.54, 1.807) is 0 Å². The molecule has 0 amide bonds. The molecule has 110 valence electrons. The van der Waals surface area contributed by atoms with Crippen LogP contribution in [0, 0.1) is 5.92 Å². The molecule has 1 fully saturated rings. The lowest BCUT2D eigenvalue weighted by atomic mass is 9.98. The number of aliphatic hydroxyl groups excluding tert-OH is 1. The zero-order valence-corrected chi connectivity index (χ0v) is 11.9. The van der Waals surface area contributed by atoms with Crippen molar-refractivity contribution in [2.24, 2.45) is 5.92 Å². The van der Waals surface area contributed by atoms with E-state index in [4.69, 9.17) is 5.11 Å². The van der Waals surface area contributed by atoms with Crippen LogP contribution in [-0.2, 0) is 10.0 Å². The van der Waals surface area contributed by atoms with Gasteiger partial charge in [0.25, 0.3) is 0 Å². The average Bonchev–Trinajstić information content (AvgIpc) is 2.42. The Morgan fingerprint density at radius 2 is 2.10 bits per heavy atom. The van der Waals surface area contributed by atoms with Crippen LogP contribution in [0.25, 0.3) is 0 Å². The molecule has 0 aliphatic carbocycles. The van der Waals surface area contributed by atoms with Gasteiger partial charge in [-0.3, -0.25) is 0 Å². The van der Waals surface area contributed by atoms with Gasteiger partial charge in [0, 0.05) is 13.1 Å². The summed E-state index contributed by atoms with van der Waals surface area (Å²) in [6.45, 7) is 2.25. The maximum atomic E-state index is 12.4. The van der Waals surface area contributed by atoms with Crippen molar-refractivity contribution in [1.82, 2.24) is 4.31 Å². The van der Waals surface area contributed by atoms with Gasteiger partial charge in [-0.15, -0.1) is 0 Å².